The number of benzene rings is 2. The van der Waals surface area contributed by atoms with E-state index in [1.165, 1.54) is 16.7 Å². The molecule has 1 amide bonds. The standard InChI is InChI=1S/C22H20N2O2S/c1-14-3-7-16(8-4-14)18-11-20(25)24-21(19(18)12-23)27-13-22(24,26)17-9-5-15(2)6-10-17/h3-10,18,26H,11,13H2,1-2H3. The van der Waals surface area contributed by atoms with Gasteiger partial charge in [-0.1, -0.05) is 59.7 Å². The van der Waals surface area contributed by atoms with Crippen molar-refractivity contribution in [3.05, 3.63) is 81.4 Å². The Morgan fingerprint density at radius 3 is 2.30 bits per heavy atom. The molecule has 0 radical (unpaired) electrons. The summed E-state index contributed by atoms with van der Waals surface area (Å²) in [6, 6.07) is 17.8. The third kappa shape index (κ3) is 2.86. The minimum Gasteiger partial charge on any atom is -0.366 e. The number of allylic oxidation sites excluding steroid dienone is 1. The number of rotatable bonds is 2. The van der Waals surface area contributed by atoms with Crippen LogP contribution in [0.3, 0.4) is 0 Å². The predicted molar refractivity (Wildman–Crippen MR) is 106 cm³/mol. The molecule has 0 aromatic heterocycles. The van der Waals surface area contributed by atoms with Gasteiger partial charge in [-0.15, -0.1) is 11.8 Å². The van der Waals surface area contributed by atoms with Gasteiger partial charge in [-0.25, -0.2) is 0 Å². The Morgan fingerprint density at radius 2 is 1.70 bits per heavy atom. The quantitative estimate of drug-likeness (QED) is 0.862. The zero-order valence-electron chi connectivity index (χ0n) is 15.3. The second kappa shape index (κ2) is 6.56. The molecule has 136 valence electrons. The molecular weight excluding hydrogens is 356 g/mol. The number of carbonyl (C=O) groups excluding carboxylic acids is 1. The second-order valence-electron chi connectivity index (χ2n) is 7.20. The summed E-state index contributed by atoms with van der Waals surface area (Å²) >= 11 is 1.38. The first-order valence-electron chi connectivity index (χ1n) is 8.90. The molecule has 0 bridgehead atoms. The van der Waals surface area contributed by atoms with Crippen molar-refractivity contribution in [2.24, 2.45) is 0 Å². The predicted octanol–water partition coefficient (Wildman–Crippen LogP) is 3.95. The molecule has 27 heavy (non-hydrogen) atoms. The van der Waals surface area contributed by atoms with E-state index in [-0.39, 0.29) is 18.2 Å². The number of aryl methyl sites for hydroxylation is 2. The Morgan fingerprint density at radius 1 is 1.11 bits per heavy atom. The first kappa shape index (κ1) is 17.8. The number of aliphatic hydroxyl groups is 1. The highest BCUT2D eigenvalue weighted by atomic mass is 32.2. The van der Waals surface area contributed by atoms with E-state index in [9.17, 15) is 15.2 Å². The smallest absolute Gasteiger partial charge is 0.231 e. The van der Waals surface area contributed by atoms with Gasteiger partial charge in [0, 0.05) is 17.9 Å². The lowest BCUT2D eigenvalue weighted by Gasteiger charge is -2.38. The van der Waals surface area contributed by atoms with E-state index in [0.717, 1.165) is 16.7 Å². The summed E-state index contributed by atoms with van der Waals surface area (Å²) in [6.45, 7) is 3.99. The average Bonchev–Trinajstić information content (AvgIpc) is 3.02. The molecule has 1 fully saturated rings. The Bertz CT molecular complexity index is 973. The van der Waals surface area contributed by atoms with Gasteiger partial charge < -0.3 is 5.11 Å². The fraction of sp³-hybridized carbons (Fsp3) is 0.273. The number of amides is 1. The number of fused-ring (bicyclic) bond motifs is 1. The van der Waals surface area contributed by atoms with Gasteiger partial charge in [-0.3, -0.25) is 9.69 Å². The first-order chi connectivity index (χ1) is 12.9. The molecule has 2 aromatic rings. The number of nitriles is 1. The summed E-state index contributed by atoms with van der Waals surface area (Å²) in [7, 11) is 0. The van der Waals surface area contributed by atoms with Crippen molar-refractivity contribution in [2.75, 3.05) is 5.75 Å². The average molecular weight is 376 g/mol. The minimum absolute atomic E-state index is 0.150. The van der Waals surface area contributed by atoms with Crippen LogP contribution in [-0.4, -0.2) is 21.7 Å². The topological polar surface area (TPSA) is 64.3 Å². The molecule has 4 nitrogen and oxygen atoms in total. The van der Waals surface area contributed by atoms with Gasteiger partial charge in [0.1, 0.15) is 0 Å². The number of nitrogens with zero attached hydrogens (tertiary/aromatic N) is 2. The zero-order valence-corrected chi connectivity index (χ0v) is 16.1. The van der Waals surface area contributed by atoms with Crippen LogP contribution in [-0.2, 0) is 10.5 Å². The van der Waals surface area contributed by atoms with E-state index in [2.05, 4.69) is 6.07 Å². The van der Waals surface area contributed by atoms with Gasteiger partial charge in [0.2, 0.25) is 5.91 Å². The molecule has 2 unspecified atom stereocenters. The van der Waals surface area contributed by atoms with Gasteiger partial charge in [0.15, 0.2) is 5.72 Å². The van der Waals surface area contributed by atoms with Gasteiger partial charge in [0.05, 0.1) is 22.4 Å². The lowest BCUT2D eigenvalue weighted by atomic mass is 9.85. The maximum Gasteiger partial charge on any atom is 0.231 e. The van der Waals surface area contributed by atoms with Crippen molar-refractivity contribution in [1.82, 2.24) is 4.90 Å². The Balaban J connectivity index is 1.79. The molecule has 0 spiro atoms. The molecule has 0 aliphatic carbocycles. The molecule has 5 heteroatoms. The van der Waals surface area contributed by atoms with Crippen molar-refractivity contribution in [2.45, 2.75) is 31.9 Å². The summed E-state index contributed by atoms with van der Waals surface area (Å²) in [6.07, 6.45) is 0.185. The van der Waals surface area contributed by atoms with Crippen molar-refractivity contribution < 1.29 is 9.90 Å². The summed E-state index contributed by atoms with van der Waals surface area (Å²) in [5.41, 5.74) is 3.01. The van der Waals surface area contributed by atoms with Crippen molar-refractivity contribution >= 4 is 17.7 Å². The second-order valence-corrected chi connectivity index (χ2v) is 8.16. The number of carbonyl (C=O) groups is 1. The molecule has 4 rings (SSSR count). The summed E-state index contributed by atoms with van der Waals surface area (Å²) in [5.74, 6) is -0.0898. The van der Waals surface area contributed by atoms with Crippen LogP contribution in [0.5, 0.6) is 0 Å². The third-order valence-electron chi connectivity index (χ3n) is 5.30. The summed E-state index contributed by atoms with van der Waals surface area (Å²) in [4.78, 5) is 14.5. The summed E-state index contributed by atoms with van der Waals surface area (Å²) in [5, 5.41) is 21.8. The monoisotopic (exact) mass is 376 g/mol. The first-order valence-corrected chi connectivity index (χ1v) is 9.89. The van der Waals surface area contributed by atoms with Gasteiger partial charge in [-0.05, 0) is 19.4 Å². The Kier molecular flexibility index (Phi) is 4.33. The third-order valence-corrected chi connectivity index (χ3v) is 6.53. The molecular formula is C22H20N2O2S. The molecule has 2 aromatic carbocycles. The maximum atomic E-state index is 13.1. The van der Waals surface area contributed by atoms with Crippen LogP contribution in [0.1, 0.15) is 34.6 Å². The van der Waals surface area contributed by atoms with E-state index in [0.29, 0.717) is 21.9 Å². The van der Waals surface area contributed by atoms with Gasteiger partial charge in [-0.2, -0.15) is 5.26 Å². The highest BCUT2D eigenvalue weighted by Gasteiger charge is 2.51. The van der Waals surface area contributed by atoms with Crippen LogP contribution >= 0.6 is 11.8 Å². The van der Waals surface area contributed by atoms with E-state index in [1.807, 2.05) is 62.4 Å². The molecule has 2 aliphatic heterocycles. The molecule has 2 atom stereocenters. The molecule has 2 aliphatic rings. The SMILES string of the molecule is Cc1ccc(C2CC(=O)N3C(=C2C#N)SCC3(O)c2ccc(C)cc2)cc1. The molecule has 2 heterocycles. The van der Waals surface area contributed by atoms with E-state index in [4.69, 9.17) is 0 Å². The number of hydrogen-bond acceptors (Lipinski definition) is 4. The van der Waals surface area contributed by atoms with E-state index < -0.39 is 5.72 Å². The molecule has 1 N–H and O–H groups in total. The van der Waals surface area contributed by atoms with Crippen LogP contribution in [0.4, 0.5) is 0 Å². The maximum absolute atomic E-state index is 13.1. The van der Waals surface area contributed by atoms with E-state index >= 15 is 0 Å². The lowest BCUT2D eigenvalue weighted by Crippen LogP contribution is -2.48. The van der Waals surface area contributed by atoms with Crippen LogP contribution < -0.4 is 0 Å². The fourth-order valence-electron chi connectivity index (χ4n) is 3.74. The fourth-order valence-corrected chi connectivity index (χ4v) is 5.10. The highest BCUT2D eigenvalue weighted by Crippen LogP contribution is 2.51. The largest absolute Gasteiger partial charge is 0.366 e. The van der Waals surface area contributed by atoms with Gasteiger partial charge >= 0.3 is 0 Å². The van der Waals surface area contributed by atoms with Crippen molar-refractivity contribution in [1.29, 1.82) is 5.26 Å². The lowest BCUT2D eigenvalue weighted by molar-refractivity contribution is -0.149. The van der Waals surface area contributed by atoms with Crippen LogP contribution in [0.25, 0.3) is 0 Å². The van der Waals surface area contributed by atoms with E-state index in [1.54, 1.807) is 0 Å². The van der Waals surface area contributed by atoms with Crippen LogP contribution in [0, 0.1) is 25.2 Å². The highest BCUT2D eigenvalue weighted by molar-refractivity contribution is 8.03. The molecule has 1 saturated heterocycles. The minimum atomic E-state index is -1.41. The van der Waals surface area contributed by atoms with Crippen molar-refractivity contribution in [3.63, 3.8) is 0 Å². The summed E-state index contributed by atoms with van der Waals surface area (Å²) < 4.78 is 0. The van der Waals surface area contributed by atoms with Crippen LogP contribution in [0.2, 0.25) is 0 Å². The Hall–Kier alpha value is -2.55. The van der Waals surface area contributed by atoms with Gasteiger partial charge in [0.25, 0.3) is 0 Å². The zero-order chi connectivity index (χ0) is 19.2. The normalized spacial score (nSPS) is 24.7. The van der Waals surface area contributed by atoms with Crippen LogP contribution in [0.15, 0.2) is 59.1 Å². The Labute approximate surface area is 163 Å². The number of hydrogen-bond donors (Lipinski definition) is 1. The number of thioether (sulfide) groups is 1. The molecule has 0 saturated carbocycles. The van der Waals surface area contributed by atoms with Crippen molar-refractivity contribution in [3.8, 4) is 6.07 Å².